The third-order valence-corrected chi connectivity index (χ3v) is 8.08. The first-order valence-corrected chi connectivity index (χ1v) is 15.8. The molecule has 0 spiro atoms. The summed E-state index contributed by atoms with van der Waals surface area (Å²) < 4.78 is 6.57. The van der Waals surface area contributed by atoms with Crippen molar-refractivity contribution in [2.24, 2.45) is 0 Å². The second kappa shape index (κ2) is 18.3. The van der Waals surface area contributed by atoms with Crippen LogP contribution in [0.1, 0.15) is 112 Å². The lowest BCUT2D eigenvalue weighted by Crippen LogP contribution is -2.35. The van der Waals surface area contributed by atoms with Crippen molar-refractivity contribution >= 4 is 24.1 Å². The summed E-state index contributed by atoms with van der Waals surface area (Å²) in [6.07, 6.45) is 18.0. The molecule has 2 fully saturated rings. The smallest absolute Gasteiger partial charge is 0.328 e. The molecule has 0 bridgehead atoms. The highest BCUT2D eigenvalue weighted by Gasteiger charge is 2.27. The van der Waals surface area contributed by atoms with Crippen LogP contribution in [0.2, 0.25) is 0 Å². The van der Waals surface area contributed by atoms with Crippen LogP contribution < -0.4 is 10.1 Å². The molecule has 0 radical (unpaired) electrons. The molecule has 1 unspecified atom stereocenters. The minimum absolute atomic E-state index is 0.346. The van der Waals surface area contributed by atoms with Crippen LogP contribution in [-0.4, -0.2) is 52.6 Å². The molecule has 0 heterocycles. The van der Waals surface area contributed by atoms with Crippen LogP contribution in [-0.2, 0) is 9.59 Å². The van der Waals surface area contributed by atoms with E-state index in [2.05, 4.69) is 73.8 Å². The van der Waals surface area contributed by atoms with E-state index in [1.807, 2.05) is 0 Å². The summed E-state index contributed by atoms with van der Waals surface area (Å²) >= 11 is 0. The van der Waals surface area contributed by atoms with Crippen LogP contribution in [0.15, 0.2) is 54.6 Å². The molecule has 0 saturated heterocycles. The number of rotatable bonds is 12. The molecule has 1 atom stereocenters. The molecule has 2 aromatic rings. The van der Waals surface area contributed by atoms with Crippen molar-refractivity contribution < 1.29 is 29.6 Å². The van der Waals surface area contributed by atoms with Crippen molar-refractivity contribution in [2.75, 3.05) is 13.2 Å². The topological polar surface area (TPSA) is 116 Å². The number of ether oxygens (including phenoxy) is 1. The monoisotopic (exact) mass is 591 g/mol. The van der Waals surface area contributed by atoms with Crippen molar-refractivity contribution in [3.8, 4) is 5.75 Å². The molecule has 2 aliphatic carbocycles. The van der Waals surface area contributed by atoms with E-state index in [1.165, 1.54) is 86.5 Å². The maximum absolute atomic E-state index is 10.6. The lowest BCUT2D eigenvalue weighted by atomic mass is 9.78. The van der Waals surface area contributed by atoms with Gasteiger partial charge in [-0.25, -0.2) is 9.59 Å². The predicted octanol–water partition coefficient (Wildman–Crippen LogP) is 7.40. The second-order valence-corrected chi connectivity index (χ2v) is 12.0. The van der Waals surface area contributed by atoms with Crippen LogP contribution in [0.3, 0.4) is 0 Å². The number of hydrogen-bond donors (Lipinski definition) is 4. The van der Waals surface area contributed by atoms with Crippen molar-refractivity contribution in [1.29, 1.82) is 0 Å². The van der Waals surface area contributed by atoms with Crippen LogP contribution in [0.5, 0.6) is 5.75 Å². The summed E-state index contributed by atoms with van der Waals surface area (Å²) in [6, 6.07) is 15.7. The molecule has 7 heteroatoms. The third-order valence-electron chi connectivity index (χ3n) is 8.08. The highest BCUT2D eigenvalue weighted by atomic mass is 16.5. The Bertz CT molecular complexity index is 1140. The molecule has 43 heavy (non-hydrogen) atoms. The van der Waals surface area contributed by atoms with E-state index in [9.17, 15) is 14.7 Å². The van der Waals surface area contributed by atoms with E-state index >= 15 is 0 Å². The van der Waals surface area contributed by atoms with E-state index in [1.54, 1.807) is 0 Å². The Balaban J connectivity index is 0.000000557. The first kappa shape index (κ1) is 34.1. The Hall–Kier alpha value is -3.42. The molecule has 0 aliphatic heterocycles. The van der Waals surface area contributed by atoms with Gasteiger partial charge in [0.1, 0.15) is 18.5 Å². The fraction of sp³-hybridized carbons (Fsp3) is 0.500. The maximum Gasteiger partial charge on any atom is 0.328 e. The lowest BCUT2D eigenvalue weighted by molar-refractivity contribution is -0.134. The summed E-state index contributed by atoms with van der Waals surface area (Å²) in [7, 11) is 0. The van der Waals surface area contributed by atoms with Gasteiger partial charge in [-0.1, -0.05) is 94.9 Å². The van der Waals surface area contributed by atoms with Crippen LogP contribution in [0.25, 0.3) is 12.2 Å². The molecule has 0 aromatic heterocycles. The van der Waals surface area contributed by atoms with Gasteiger partial charge in [0.05, 0.1) is 0 Å². The summed E-state index contributed by atoms with van der Waals surface area (Å²) in [4.78, 5) is 19.1. The number of aliphatic hydroxyl groups excluding tert-OH is 1. The molecule has 4 rings (SSSR count). The quantitative estimate of drug-likeness (QED) is 0.150. The Morgan fingerprint density at radius 1 is 0.814 bits per heavy atom. The zero-order chi connectivity index (χ0) is 31.0. The second-order valence-electron chi connectivity index (χ2n) is 12.0. The van der Waals surface area contributed by atoms with E-state index in [0.29, 0.717) is 43.2 Å². The van der Waals surface area contributed by atoms with E-state index in [-0.39, 0.29) is 0 Å². The molecule has 7 nitrogen and oxygen atoms in total. The van der Waals surface area contributed by atoms with Gasteiger partial charge < -0.3 is 25.4 Å². The molecule has 2 saturated carbocycles. The molecular formula is C36H49NO6. The van der Waals surface area contributed by atoms with Crippen molar-refractivity contribution in [1.82, 2.24) is 5.32 Å². The molecule has 234 valence electrons. The van der Waals surface area contributed by atoms with E-state index in [4.69, 9.17) is 14.9 Å². The van der Waals surface area contributed by atoms with Gasteiger partial charge in [-0.2, -0.15) is 0 Å². The van der Waals surface area contributed by atoms with Gasteiger partial charge in [0.25, 0.3) is 0 Å². The summed E-state index contributed by atoms with van der Waals surface area (Å²) in [6.45, 7) is 5.13. The number of aliphatic hydroxyl groups is 1. The Morgan fingerprint density at radius 3 is 1.77 bits per heavy atom. The molecular weight excluding hydrogens is 542 g/mol. The number of hydrogen-bond acceptors (Lipinski definition) is 5. The standard InChI is InChI=1S/C32H45NO2.C4H4O4/c1-24(2)33-22-29(34)23-35-32-30(27-14-8-4-9-15-27)20-26(19-18-25-12-6-3-7-13-25)21-31(32)28-16-10-5-11-17-28;5-3(6)1-2-4(7)8/h3,6-7,12-13,18-21,24,27-29,33-34H,4-5,8-11,14-17,22-23H2,1-2H3;1-2H,(H,5,6)(H,7,8)/b19-18+;2-1-. The SMILES string of the molecule is CC(C)NCC(O)COc1c(C2CCCCC2)cc(/C=C/c2ccccc2)cc1C1CCCCC1.O=C(O)/C=C\C(=O)O. The zero-order valence-electron chi connectivity index (χ0n) is 25.7. The fourth-order valence-electron chi connectivity index (χ4n) is 5.90. The van der Waals surface area contributed by atoms with Crippen LogP contribution in [0, 0.1) is 0 Å². The number of carboxylic acids is 2. The van der Waals surface area contributed by atoms with Crippen LogP contribution in [0.4, 0.5) is 0 Å². The highest BCUT2D eigenvalue weighted by molar-refractivity contribution is 5.89. The molecule has 2 aromatic carbocycles. The number of benzene rings is 2. The minimum atomic E-state index is -1.26. The molecule has 0 amide bonds. The lowest BCUT2D eigenvalue weighted by Gasteiger charge is -2.30. The fourth-order valence-corrected chi connectivity index (χ4v) is 5.90. The molecule has 4 N–H and O–H groups in total. The average molecular weight is 592 g/mol. The number of carbonyl (C=O) groups is 2. The summed E-state index contributed by atoms with van der Waals surface area (Å²) in [5, 5.41) is 29.6. The number of carboxylic acid groups (broad SMARTS) is 2. The number of aliphatic carboxylic acids is 2. The Labute approximate surface area is 256 Å². The molecule has 2 aliphatic rings. The Morgan fingerprint density at radius 2 is 1.30 bits per heavy atom. The normalized spacial score (nSPS) is 17.1. The predicted molar refractivity (Wildman–Crippen MR) is 173 cm³/mol. The van der Waals surface area contributed by atoms with Crippen molar-refractivity contribution in [3.05, 3.63) is 76.9 Å². The Kier molecular flexibility index (Phi) is 14.5. The van der Waals surface area contributed by atoms with Gasteiger partial charge in [0, 0.05) is 24.7 Å². The number of nitrogens with one attached hydrogen (secondary N) is 1. The highest BCUT2D eigenvalue weighted by Crippen LogP contribution is 2.45. The van der Waals surface area contributed by atoms with Gasteiger partial charge in [-0.3, -0.25) is 0 Å². The summed E-state index contributed by atoms with van der Waals surface area (Å²) in [5.41, 5.74) is 5.27. The van der Waals surface area contributed by atoms with Gasteiger partial charge >= 0.3 is 11.9 Å². The van der Waals surface area contributed by atoms with Crippen molar-refractivity contribution in [2.45, 2.75) is 102 Å². The van der Waals surface area contributed by atoms with Gasteiger partial charge in [0.15, 0.2) is 0 Å². The van der Waals surface area contributed by atoms with Gasteiger partial charge in [-0.15, -0.1) is 0 Å². The third kappa shape index (κ3) is 12.4. The van der Waals surface area contributed by atoms with E-state index < -0.39 is 18.0 Å². The van der Waals surface area contributed by atoms with Gasteiger partial charge in [0.2, 0.25) is 0 Å². The zero-order valence-corrected chi connectivity index (χ0v) is 25.7. The van der Waals surface area contributed by atoms with Crippen molar-refractivity contribution in [3.63, 3.8) is 0 Å². The van der Waals surface area contributed by atoms with Gasteiger partial charge in [-0.05, 0) is 71.9 Å². The maximum atomic E-state index is 10.6. The largest absolute Gasteiger partial charge is 0.490 e. The average Bonchev–Trinajstić information content (AvgIpc) is 3.02. The van der Waals surface area contributed by atoms with E-state index in [0.717, 1.165) is 5.75 Å². The summed E-state index contributed by atoms with van der Waals surface area (Å²) in [5.74, 6) is -0.321. The van der Waals surface area contributed by atoms with Crippen LogP contribution >= 0.6 is 0 Å². The minimum Gasteiger partial charge on any atom is -0.490 e. The first-order valence-electron chi connectivity index (χ1n) is 15.8. The first-order chi connectivity index (χ1) is 20.7.